The lowest BCUT2D eigenvalue weighted by molar-refractivity contribution is -0.160. The largest absolute Gasteiger partial charge is 0.461 e. The first-order chi connectivity index (χ1) is 11.0. The smallest absolute Gasteiger partial charge is 0.330 e. The van der Waals surface area contributed by atoms with Crippen molar-refractivity contribution in [3.8, 4) is 0 Å². The van der Waals surface area contributed by atoms with Crippen LogP contribution in [0.1, 0.15) is 36.7 Å². The van der Waals surface area contributed by atoms with Gasteiger partial charge in [-0.15, -0.1) is 0 Å². The molecule has 23 heavy (non-hydrogen) atoms. The van der Waals surface area contributed by atoms with Gasteiger partial charge in [-0.25, -0.2) is 4.79 Å². The lowest BCUT2D eigenvalue weighted by Gasteiger charge is -2.13. The van der Waals surface area contributed by atoms with Crippen molar-refractivity contribution in [2.75, 3.05) is 6.54 Å². The summed E-state index contributed by atoms with van der Waals surface area (Å²) in [6.45, 7) is 2.00. The molecule has 8 heteroatoms. The van der Waals surface area contributed by atoms with E-state index in [0.717, 1.165) is 18.2 Å². The topological polar surface area (TPSA) is 103 Å². The third-order valence-electron chi connectivity index (χ3n) is 3.28. The SMILES string of the molecule is CC(=O)SC(CC(=O)OC(=O)[C@@H]1CCCN1)C(=O)c1ccco1. The predicted octanol–water partition coefficient (Wildman–Crippen LogP) is 1.32. The van der Waals surface area contributed by atoms with Gasteiger partial charge in [-0.05, 0) is 31.5 Å². The van der Waals surface area contributed by atoms with E-state index in [2.05, 4.69) is 5.32 Å². The van der Waals surface area contributed by atoms with Gasteiger partial charge in [0.2, 0.25) is 5.78 Å². The molecular weight excluding hydrogens is 322 g/mol. The fourth-order valence-electron chi connectivity index (χ4n) is 2.23. The molecule has 0 amide bonds. The minimum absolute atomic E-state index is 0.0559. The van der Waals surface area contributed by atoms with Gasteiger partial charge in [-0.3, -0.25) is 14.4 Å². The van der Waals surface area contributed by atoms with E-state index in [1.807, 2.05) is 0 Å². The van der Waals surface area contributed by atoms with Crippen LogP contribution in [0.5, 0.6) is 0 Å². The number of hydrogen-bond donors (Lipinski definition) is 1. The van der Waals surface area contributed by atoms with Crippen LogP contribution >= 0.6 is 11.8 Å². The zero-order chi connectivity index (χ0) is 16.8. The number of nitrogens with one attached hydrogen (secondary N) is 1. The van der Waals surface area contributed by atoms with Crippen LogP contribution in [0, 0.1) is 0 Å². The number of Topliss-reactive ketones (excluding diaryl/α,β-unsaturated/α-hetero) is 1. The van der Waals surface area contributed by atoms with Crippen molar-refractivity contribution in [1.82, 2.24) is 5.32 Å². The molecule has 0 aromatic carbocycles. The van der Waals surface area contributed by atoms with Gasteiger partial charge >= 0.3 is 11.9 Å². The number of furan rings is 1. The summed E-state index contributed by atoms with van der Waals surface area (Å²) >= 11 is 0.717. The van der Waals surface area contributed by atoms with Crippen molar-refractivity contribution in [3.05, 3.63) is 24.2 Å². The van der Waals surface area contributed by atoms with Gasteiger partial charge in [0, 0.05) is 6.92 Å². The Bertz CT molecular complexity index is 591. The highest BCUT2D eigenvalue weighted by Gasteiger charge is 2.31. The van der Waals surface area contributed by atoms with Gasteiger partial charge in [0.15, 0.2) is 10.9 Å². The number of esters is 2. The lowest BCUT2D eigenvalue weighted by Crippen LogP contribution is -2.35. The average molecular weight is 339 g/mol. The van der Waals surface area contributed by atoms with E-state index < -0.39 is 29.0 Å². The highest BCUT2D eigenvalue weighted by atomic mass is 32.2. The molecule has 1 saturated heterocycles. The molecule has 7 nitrogen and oxygen atoms in total. The molecule has 1 fully saturated rings. The first-order valence-corrected chi connectivity index (χ1v) is 8.08. The van der Waals surface area contributed by atoms with E-state index in [4.69, 9.17) is 9.15 Å². The quantitative estimate of drug-likeness (QED) is 0.470. The van der Waals surface area contributed by atoms with E-state index in [1.54, 1.807) is 0 Å². The Kier molecular flexibility index (Phi) is 6.12. The van der Waals surface area contributed by atoms with Crippen molar-refractivity contribution in [1.29, 1.82) is 0 Å². The third-order valence-corrected chi connectivity index (χ3v) is 4.27. The van der Waals surface area contributed by atoms with Crippen LogP contribution in [-0.4, -0.2) is 40.7 Å². The van der Waals surface area contributed by atoms with Gasteiger partial charge in [0.05, 0.1) is 17.9 Å². The zero-order valence-corrected chi connectivity index (χ0v) is 13.4. The number of carbonyl (C=O) groups is 4. The number of ether oxygens (including phenoxy) is 1. The molecule has 0 spiro atoms. The maximum atomic E-state index is 12.2. The predicted molar refractivity (Wildman–Crippen MR) is 81.8 cm³/mol. The molecule has 2 rings (SSSR count). The van der Waals surface area contributed by atoms with Crippen molar-refractivity contribution in [3.63, 3.8) is 0 Å². The Labute approximate surface area is 137 Å². The van der Waals surface area contributed by atoms with Crippen LogP contribution in [0.15, 0.2) is 22.8 Å². The number of rotatable bonds is 6. The number of thioether (sulfide) groups is 1. The van der Waals surface area contributed by atoms with Crippen LogP contribution in [0.3, 0.4) is 0 Å². The summed E-state index contributed by atoms with van der Waals surface area (Å²) in [6.07, 6.45) is 2.41. The van der Waals surface area contributed by atoms with Gasteiger partial charge < -0.3 is 14.5 Å². The molecule has 2 heterocycles. The molecular formula is C15H17NO6S. The average Bonchev–Trinajstić information content (AvgIpc) is 3.18. The first-order valence-electron chi connectivity index (χ1n) is 7.20. The van der Waals surface area contributed by atoms with Gasteiger partial charge in [0.25, 0.3) is 0 Å². The first kappa shape index (κ1) is 17.4. The Morgan fingerprint density at radius 2 is 2.22 bits per heavy atom. The number of carbonyl (C=O) groups excluding carboxylic acids is 4. The summed E-state index contributed by atoms with van der Waals surface area (Å²) in [4.78, 5) is 47.2. The fourth-order valence-corrected chi connectivity index (χ4v) is 3.07. The maximum Gasteiger partial charge on any atom is 0.330 e. The fraction of sp³-hybridized carbons (Fsp3) is 0.467. The Hall–Kier alpha value is -1.93. The molecule has 1 aliphatic heterocycles. The highest BCUT2D eigenvalue weighted by molar-refractivity contribution is 8.14. The molecule has 0 saturated carbocycles. The maximum absolute atomic E-state index is 12.2. The molecule has 2 atom stereocenters. The summed E-state index contributed by atoms with van der Waals surface area (Å²) in [5.74, 6) is -1.91. The molecule has 0 radical (unpaired) electrons. The molecule has 0 bridgehead atoms. The van der Waals surface area contributed by atoms with Crippen LogP contribution in [0.2, 0.25) is 0 Å². The highest BCUT2D eigenvalue weighted by Crippen LogP contribution is 2.22. The zero-order valence-electron chi connectivity index (χ0n) is 12.6. The van der Waals surface area contributed by atoms with Crippen molar-refractivity contribution >= 4 is 34.6 Å². The second-order valence-corrected chi connectivity index (χ2v) is 6.47. The molecule has 1 aromatic heterocycles. The Balaban J connectivity index is 1.96. The summed E-state index contributed by atoms with van der Waals surface area (Å²) in [7, 11) is 0. The van der Waals surface area contributed by atoms with Gasteiger partial charge in [0.1, 0.15) is 6.04 Å². The molecule has 124 valence electrons. The van der Waals surface area contributed by atoms with Crippen LogP contribution in [-0.2, 0) is 19.1 Å². The molecule has 0 aliphatic carbocycles. The normalized spacial score (nSPS) is 18.4. The standard InChI is InChI=1S/C15H17NO6S/c1-9(17)23-12(14(19)11-5-3-7-21-11)8-13(18)22-15(20)10-4-2-6-16-10/h3,5,7,10,12,16H,2,4,6,8H2,1H3/t10-,12?/m0/s1. The van der Waals surface area contributed by atoms with E-state index in [-0.39, 0.29) is 17.3 Å². The summed E-state index contributed by atoms with van der Waals surface area (Å²) in [5, 5.41) is 1.63. The van der Waals surface area contributed by atoms with Gasteiger partial charge in [-0.2, -0.15) is 0 Å². The van der Waals surface area contributed by atoms with E-state index in [9.17, 15) is 19.2 Å². The van der Waals surface area contributed by atoms with Gasteiger partial charge in [-0.1, -0.05) is 11.8 Å². The Morgan fingerprint density at radius 3 is 2.78 bits per heavy atom. The van der Waals surface area contributed by atoms with E-state index in [1.165, 1.54) is 25.3 Å². The van der Waals surface area contributed by atoms with Crippen LogP contribution in [0.25, 0.3) is 0 Å². The molecule has 1 N–H and O–H groups in total. The van der Waals surface area contributed by atoms with Crippen LogP contribution in [0.4, 0.5) is 0 Å². The minimum Gasteiger partial charge on any atom is -0.461 e. The number of ketones is 1. The summed E-state index contributed by atoms with van der Waals surface area (Å²) in [6, 6.07) is 2.50. The Morgan fingerprint density at radius 1 is 1.43 bits per heavy atom. The minimum atomic E-state index is -0.976. The summed E-state index contributed by atoms with van der Waals surface area (Å²) < 4.78 is 9.76. The lowest BCUT2D eigenvalue weighted by atomic mass is 10.1. The van der Waals surface area contributed by atoms with Crippen LogP contribution < -0.4 is 5.32 Å². The van der Waals surface area contributed by atoms with Crippen molar-refractivity contribution < 1.29 is 28.3 Å². The molecule has 1 aliphatic rings. The monoisotopic (exact) mass is 339 g/mol. The number of hydrogen-bond acceptors (Lipinski definition) is 8. The molecule has 1 aromatic rings. The second-order valence-electron chi connectivity index (χ2n) is 5.09. The van der Waals surface area contributed by atoms with Crippen molar-refractivity contribution in [2.24, 2.45) is 0 Å². The third kappa shape index (κ3) is 5.04. The van der Waals surface area contributed by atoms with Crippen molar-refractivity contribution in [2.45, 2.75) is 37.5 Å². The molecule has 1 unspecified atom stereocenters. The summed E-state index contributed by atoms with van der Waals surface area (Å²) in [5.41, 5.74) is 0. The van der Waals surface area contributed by atoms with E-state index in [0.29, 0.717) is 13.0 Å². The van der Waals surface area contributed by atoms with E-state index >= 15 is 0 Å². The second kappa shape index (κ2) is 8.07.